The lowest BCUT2D eigenvalue weighted by atomic mass is 10.0. The number of carbonyl (C=O) groups excluding carboxylic acids is 2. The average molecular weight is 499 g/mol. The summed E-state index contributed by atoms with van der Waals surface area (Å²) in [5.74, 6) is -1.06. The summed E-state index contributed by atoms with van der Waals surface area (Å²) in [6.45, 7) is 10.3. The van der Waals surface area contributed by atoms with Crippen molar-refractivity contribution in [2.45, 2.75) is 45.7 Å². The molecule has 1 saturated heterocycles. The molecule has 3 aromatic rings. The number of rotatable bonds is 4. The van der Waals surface area contributed by atoms with Crippen molar-refractivity contribution in [2.75, 3.05) is 18.7 Å². The van der Waals surface area contributed by atoms with Gasteiger partial charge in [-0.15, -0.1) is 0 Å². The van der Waals surface area contributed by atoms with E-state index >= 15 is 0 Å². The third kappa shape index (κ3) is 4.94. The van der Waals surface area contributed by atoms with Gasteiger partial charge in [0, 0.05) is 11.3 Å². The van der Waals surface area contributed by atoms with Crippen LogP contribution in [-0.4, -0.2) is 45.4 Å². The van der Waals surface area contributed by atoms with E-state index in [1.807, 2.05) is 34.6 Å². The average Bonchev–Trinajstić information content (AvgIpc) is 3.38. The Balaban J connectivity index is 1.67. The first-order chi connectivity index (χ1) is 16.4. The number of hydrogen-bond acceptors (Lipinski definition) is 4. The normalized spacial score (nSPS) is 15.3. The highest BCUT2D eigenvalue weighted by Gasteiger charge is 2.37. The van der Waals surface area contributed by atoms with Gasteiger partial charge in [-0.05, 0) is 77.1 Å². The standard InChI is InChI=1S/C26H28ClFN4O3/c1-25(2,3)32-22(16-6-8-17(28)9-7-16)20(13-29-32)23(33)30-18-10-11-21(27)19(12-18)24(34)31-15-35-14-26(31,4)5/h6-13H,14-15H2,1-5H3,(H,30,33). The molecular weight excluding hydrogens is 471 g/mol. The monoisotopic (exact) mass is 498 g/mol. The molecule has 7 nitrogen and oxygen atoms in total. The number of aromatic nitrogens is 2. The van der Waals surface area contributed by atoms with Crippen LogP contribution in [0.15, 0.2) is 48.7 Å². The zero-order valence-corrected chi connectivity index (χ0v) is 21.1. The molecule has 9 heteroatoms. The first-order valence-electron chi connectivity index (χ1n) is 11.2. The van der Waals surface area contributed by atoms with Crippen LogP contribution in [0.4, 0.5) is 10.1 Å². The van der Waals surface area contributed by atoms with Gasteiger partial charge in [-0.2, -0.15) is 5.10 Å². The summed E-state index contributed by atoms with van der Waals surface area (Å²) >= 11 is 6.34. The Kier molecular flexibility index (Phi) is 6.46. The Hall–Kier alpha value is -3.23. The molecule has 1 N–H and O–H groups in total. The zero-order chi connectivity index (χ0) is 25.5. The molecule has 0 aliphatic carbocycles. The van der Waals surface area contributed by atoms with E-state index in [4.69, 9.17) is 16.3 Å². The summed E-state index contributed by atoms with van der Waals surface area (Å²) in [6, 6.07) is 10.7. The molecule has 1 aliphatic rings. The summed E-state index contributed by atoms with van der Waals surface area (Å²) in [4.78, 5) is 28.1. The van der Waals surface area contributed by atoms with Crippen LogP contribution in [0.5, 0.6) is 0 Å². The summed E-state index contributed by atoms with van der Waals surface area (Å²) in [5, 5.41) is 7.58. The Labute approximate surface area is 208 Å². The molecular formula is C26H28ClFN4O3. The van der Waals surface area contributed by atoms with Crippen molar-refractivity contribution in [3.05, 3.63) is 70.6 Å². The highest BCUT2D eigenvalue weighted by Crippen LogP contribution is 2.31. The van der Waals surface area contributed by atoms with E-state index in [9.17, 15) is 14.0 Å². The van der Waals surface area contributed by atoms with Gasteiger partial charge in [0.05, 0.1) is 45.7 Å². The van der Waals surface area contributed by atoms with Gasteiger partial charge in [0.25, 0.3) is 11.8 Å². The molecule has 1 fully saturated rings. The number of nitrogens with zero attached hydrogens (tertiary/aromatic N) is 3. The van der Waals surface area contributed by atoms with E-state index in [1.54, 1.807) is 39.9 Å². The SMILES string of the molecule is CC1(C)COCN1C(=O)c1cc(NC(=O)c2cnn(C(C)(C)C)c2-c2ccc(F)cc2)ccc1Cl. The number of amides is 2. The van der Waals surface area contributed by atoms with E-state index in [0.29, 0.717) is 29.1 Å². The molecule has 0 radical (unpaired) electrons. The second-order valence-corrected chi connectivity index (χ2v) is 10.6. The van der Waals surface area contributed by atoms with Crippen LogP contribution in [0.3, 0.4) is 0 Å². The van der Waals surface area contributed by atoms with Crippen molar-refractivity contribution in [1.29, 1.82) is 0 Å². The molecule has 1 aliphatic heterocycles. The third-order valence-electron chi connectivity index (χ3n) is 5.87. The maximum Gasteiger partial charge on any atom is 0.259 e. The molecule has 0 bridgehead atoms. The lowest BCUT2D eigenvalue weighted by molar-refractivity contribution is 0.0605. The van der Waals surface area contributed by atoms with Crippen molar-refractivity contribution < 1.29 is 18.7 Å². The Morgan fingerprint density at radius 2 is 1.80 bits per heavy atom. The second-order valence-electron chi connectivity index (χ2n) is 10.2. The third-order valence-corrected chi connectivity index (χ3v) is 6.20. The van der Waals surface area contributed by atoms with E-state index in [-0.39, 0.29) is 29.0 Å². The van der Waals surface area contributed by atoms with Crippen LogP contribution >= 0.6 is 11.6 Å². The Morgan fingerprint density at radius 1 is 1.11 bits per heavy atom. The van der Waals surface area contributed by atoms with E-state index in [0.717, 1.165) is 0 Å². The minimum absolute atomic E-state index is 0.172. The first-order valence-corrected chi connectivity index (χ1v) is 11.6. The van der Waals surface area contributed by atoms with Crippen molar-refractivity contribution in [2.24, 2.45) is 0 Å². The highest BCUT2D eigenvalue weighted by molar-refractivity contribution is 6.34. The fraction of sp³-hybridized carbons (Fsp3) is 0.346. The fourth-order valence-corrected chi connectivity index (χ4v) is 4.19. The number of hydrogen-bond donors (Lipinski definition) is 1. The predicted molar refractivity (Wildman–Crippen MR) is 133 cm³/mol. The van der Waals surface area contributed by atoms with Gasteiger partial charge >= 0.3 is 0 Å². The molecule has 1 aromatic heterocycles. The van der Waals surface area contributed by atoms with Crippen LogP contribution in [0.1, 0.15) is 55.3 Å². The summed E-state index contributed by atoms with van der Waals surface area (Å²) in [5.41, 5.74) is 1.34. The second kappa shape index (κ2) is 9.09. The number of benzene rings is 2. The minimum atomic E-state index is -0.467. The number of halogens is 2. The summed E-state index contributed by atoms with van der Waals surface area (Å²) < 4.78 is 20.8. The van der Waals surface area contributed by atoms with E-state index in [2.05, 4.69) is 10.4 Å². The molecule has 4 rings (SSSR count). The number of carbonyl (C=O) groups is 2. The number of ether oxygens (including phenoxy) is 1. The van der Waals surface area contributed by atoms with Gasteiger partial charge in [0.15, 0.2) is 0 Å². The molecule has 35 heavy (non-hydrogen) atoms. The van der Waals surface area contributed by atoms with Crippen LogP contribution < -0.4 is 5.32 Å². The summed E-state index contributed by atoms with van der Waals surface area (Å²) in [7, 11) is 0. The molecule has 0 spiro atoms. The van der Waals surface area contributed by atoms with Crippen LogP contribution in [0.2, 0.25) is 5.02 Å². The van der Waals surface area contributed by atoms with E-state index in [1.165, 1.54) is 18.3 Å². The molecule has 184 valence electrons. The van der Waals surface area contributed by atoms with Crippen LogP contribution in [0.25, 0.3) is 11.3 Å². The Morgan fingerprint density at radius 3 is 2.40 bits per heavy atom. The van der Waals surface area contributed by atoms with Gasteiger partial charge in [0.2, 0.25) is 0 Å². The molecule has 2 aromatic carbocycles. The predicted octanol–water partition coefficient (Wildman–Crippen LogP) is 5.56. The van der Waals surface area contributed by atoms with Crippen molar-refractivity contribution >= 4 is 29.1 Å². The molecule has 2 heterocycles. The number of anilines is 1. The first kappa shape index (κ1) is 24.9. The van der Waals surface area contributed by atoms with Crippen molar-refractivity contribution in [3.63, 3.8) is 0 Å². The number of nitrogens with one attached hydrogen (secondary N) is 1. The molecule has 0 saturated carbocycles. The lowest BCUT2D eigenvalue weighted by Gasteiger charge is -2.29. The van der Waals surface area contributed by atoms with Gasteiger partial charge in [-0.25, -0.2) is 4.39 Å². The Bertz CT molecular complexity index is 1280. The smallest absolute Gasteiger partial charge is 0.259 e. The van der Waals surface area contributed by atoms with E-state index < -0.39 is 17.0 Å². The van der Waals surface area contributed by atoms with Gasteiger partial charge in [0.1, 0.15) is 12.5 Å². The fourth-order valence-electron chi connectivity index (χ4n) is 3.99. The zero-order valence-electron chi connectivity index (χ0n) is 20.4. The quantitative estimate of drug-likeness (QED) is 0.511. The lowest BCUT2D eigenvalue weighted by Crippen LogP contribution is -2.44. The minimum Gasteiger partial charge on any atom is -0.359 e. The largest absolute Gasteiger partial charge is 0.359 e. The highest BCUT2D eigenvalue weighted by atomic mass is 35.5. The molecule has 0 atom stereocenters. The summed E-state index contributed by atoms with van der Waals surface area (Å²) in [6.07, 6.45) is 1.49. The maximum atomic E-state index is 13.6. The van der Waals surface area contributed by atoms with Crippen LogP contribution in [0, 0.1) is 5.82 Å². The van der Waals surface area contributed by atoms with Gasteiger partial charge in [-0.3, -0.25) is 14.3 Å². The topological polar surface area (TPSA) is 76.5 Å². The van der Waals surface area contributed by atoms with Gasteiger partial charge in [-0.1, -0.05) is 11.6 Å². The van der Waals surface area contributed by atoms with Crippen molar-refractivity contribution in [1.82, 2.24) is 14.7 Å². The molecule has 2 amide bonds. The van der Waals surface area contributed by atoms with Gasteiger partial charge < -0.3 is 15.0 Å². The maximum absolute atomic E-state index is 13.6. The van der Waals surface area contributed by atoms with Crippen LogP contribution in [-0.2, 0) is 10.3 Å². The van der Waals surface area contributed by atoms with Crippen molar-refractivity contribution in [3.8, 4) is 11.3 Å². The molecule has 0 unspecified atom stereocenters.